The molecule has 0 amide bonds. The van der Waals surface area contributed by atoms with Gasteiger partial charge in [0.1, 0.15) is 0 Å². The van der Waals surface area contributed by atoms with Crippen LogP contribution in [0.5, 0.6) is 0 Å². The summed E-state index contributed by atoms with van der Waals surface area (Å²) in [6.07, 6.45) is 19.2. The fourth-order valence-electron chi connectivity index (χ4n) is 8.98. The first-order valence-corrected chi connectivity index (χ1v) is 13.3. The van der Waals surface area contributed by atoms with Crippen LogP contribution in [-0.4, -0.2) is 40.2 Å². The van der Waals surface area contributed by atoms with E-state index >= 15 is 0 Å². The molecular weight excluding hydrogens is 404 g/mol. The van der Waals surface area contributed by atoms with Crippen molar-refractivity contribution in [1.29, 1.82) is 0 Å². The first kappa shape index (κ1) is 19.3. The fraction of sp³-hybridized carbons (Fsp3) is 0.567. The van der Waals surface area contributed by atoms with Gasteiger partial charge in [-0.15, -0.1) is 0 Å². The summed E-state index contributed by atoms with van der Waals surface area (Å²) in [5.41, 5.74) is 4.94. The van der Waals surface area contributed by atoms with Crippen molar-refractivity contribution in [2.45, 2.75) is 81.5 Å². The molecule has 2 spiro atoms. The van der Waals surface area contributed by atoms with Crippen molar-refractivity contribution < 1.29 is 4.74 Å². The van der Waals surface area contributed by atoms with Crippen molar-refractivity contribution in [3.05, 3.63) is 65.5 Å². The van der Waals surface area contributed by atoms with Gasteiger partial charge in [-0.05, 0) is 103 Å². The van der Waals surface area contributed by atoms with Crippen molar-refractivity contribution in [1.82, 2.24) is 9.88 Å². The molecule has 4 heterocycles. The maximum atomic E-state index is 7.45. The molecule has 170 valence electrons. The molecule has 3 nitrogen and oxygen atoms in total. The zero-order valence-electron chi connectivity index (χ0n) is 19.7. The molecule has 2 bridgehead atoms. The van der Waals surface area contributed by atoms with Gasteiger partial charge in [-0.1, -0.05) is 31.2 Å². The van der Waals surface area contributed by atoms with Crippen molar-refractivity contribution in [2.75, 3.05) is 13.1 Å². The quantitative estimate of drug-likeness (QED) is 0.525. The maximum Gasteiger partial charge on any atom is 0.0974 e. The number of hydrogen-bond acceptors (Lipinski definition) is 3. The largest absolute Gasteiger partial charge is 0.359 e. The van der Waals surface area contributed by atoms with Gasteiger partial charge in [-0.2, -0.15) is 0 Å². The Bertz CT molecular complexity index is 1230. The molecule has 1 aromatic carbocycles. The predicted octanol–water partition coefficient (Wildman–Crippen LogP) is 6.16. The number of ether oxygens (including phenoxy) is 1. The number of fused-ring (bicyclic) bond motifs is 2. The molecule has 3 heteroatoms. The molecule has 0 radical (unpaired) electrons. The van der Waals surface area contributed by atoms with E-state index in [0.717, 1.165) is 6.04 Å². The van der Waals surface area contributed by atoms with Crippen molar-refractivity contribution in [3.63, 3.8) is 0 Å². The second-order valence-electron chi connectivity index (χ2n) is 12.1. The number of aromatic nitrogens is 1. The first-order valence-electron chi connectivity index (χ1n) is 13.3. The van der Waals surface area contributed by atoms with E-state index in [1.54, 1.807) is 11.1 Å². The molecule has 33 heavy (non-hydrogen) atoms. The van der Waals surface area contributed by atoms with E-state index in [4.69, 9.17) is 4.74 Å². The lowest BCUT2D eigenvalue weighted by atomic mass is 9.58. The Morgan fingerprint density at radius 3 is 2.91 bits per heavy atom. The van der Waals surface area contributed by atoms with Gasteiger partial charge in [-0.3, -0.25) is 9.88 Å². The molecule has 2 aromatic rings. The highest BCUT2D eigenvalue weighted by atomic mass is 16.5. The molecule has 8 rings (SSSR count). The molecule has 1 unspecified atom stereocenters. The Morgan fingerprint density at radius 2 is 2.00 bits per heavy atom. The second-order valence-corrected chi connectivity index (χ2v) is 12.1. The average Bonchev–Trinajstić information content (AvgIpc) is 3.56. The third-order valence-electron chi connectivity index (χ3n) is 10.7. The Labute approximate surface area is 196 Å². The van der Waals surface area contributed by atoms with Gasteiger partial charge in [0.2, 0.25) is 0 Å². The van der Waals surface area contributed by atoms with E-state index < -0.39 is 0 Å². The SMILES string of the molecule is C[C@]12CC=C3C=C4CC[C@@H](N5CC5)CC45CC[C@]3(O5)[C@@H]1CC[C@@H]2c1ccc2ccncc2c1. The topological polar surface area (TPSA) is 25.1 Å². The number of hydrogen-bond donors (Lipinski definition) is 0. The Hall–Kier alpha value is -1.97. The van der Waals surface area contributed by atoms with Crippen LogP contribution in [0.15, 0.2) is 60.0 Å². The molecule has 4 fully saturated rings. The summed E-state index contributed by atoms with van der Waals surface area (Å²) in [7, 11) is 0. The van der Waals surface area contributed by atoms with Gasteiger partial charge in [0.05, 0.1) is 11.2 Å². The normalized spacial score (nSPS) is 43.5. The zero-order valence-corrected chi connectivity index (χ0v) is 19.7. The standard InChI is InChI=1S/C30H34N2O/c1-28-10-8-24-17-23-4-5-25(32-14-15-32)18-29(23)11-12-30(24,33-29)27(28)7-6-26(28)21-3-2-20-9-13-31-19-22(20)16-21/h2-3,8-9,13,16-17,19,25-27H,4-7,10-12,14-15,18H2,1H3/t25-,26-,27-,28-,29?,30-/m1/s1. The van der Waals surface area contributed by atoms with Gasteiger partial charge in [0.15, 0.2) is 0 Å². The maximum absolute atomic E-state index is 7.45. The summed E-state index contributed by atoms with van der Waals surface area (Å²) in [6, 6.07) is 9.99. The molecule has 1 aromatic heterocycles. The molecule has 6 atom stereocenters. The lowest BCUT2D eigenvalue weighted by Gasteiger charge is -2.54. The van der Waals surface area contributed by atoms with E-state index in [0.29, 0.717) is 11.8 Å². The van der Waals surface area contributed by atoms with E-state index in [9.17, 15) is 0 Å². The summed E-state index contributed by atoms with van der Waals surface area (Å²) in [5.74, 6) is 1.22. The number of benzene rings is 1. The highest BCUT2D eigenvalue weighted by molar-refractivity contribution is 5.82. The van der Waals surface area contributed by atoms with Crippen LogP contribution >= 0.6 is 0 Å². The van der Waals surface area contributed by atoms with Gasteiger partial charge in [0, 0.05) is 36.9 Å². The second kappa shape index (κ2) is 6.37. The zero-order chi connectivity index (χ0) is 21.8. The molecule has 3 aliphatic carbocycles. The number of pyridine rings is 1. The van der Waals surface area contributed by atoms with E-state index in [1.807, 2.05) is 12.4 Å². The van der Waals surface area contributed by atoms with Crippen LogP contribution in [0.25, 0.3) is 10.8 Å². The lowest BCUT2D eigenvalue weighted by Crippen LogP contribution is -2.54. The highest BCUT2D eigenvalue weighted by Gasteiger charge is 2.66. The van der Waals surface area contributed by atoms with E-state index in [2.05, 4.69) is 53.2 Å². The highest BCUT2D eigenvalue weighted by Crippen LogP contribution is 2.69. The molecule has 2 saturated carbocycles. The smallest absolute Gasteiger partial charge is 0.0974 e. The summed E-state index contributed by atoms with van der Waals surface area (Å²) in [4.78, 5) is 7.06. The van der Waals surface area contributed by atoms with Crippen LogP contribution in [0.3, 0.4) is 0 Å². The van der Waals surface area contributed by atoms with Crippen LogP contribution in [0.4, 0.5) is 0 Å². The molecular formula is C30H34N2O. The minimum Gasteiger partial charge on any atom is -0.359 e. The molecule has 2 saturated heterocycles. The van der Waals surface area contributed by atoms with Crippen molar-refractivity contribution in [2.24, 2.45) is 11.3 Å². The summed E-state index contributed by atoms with van der Waals surface area (Å²) >= 11 is 0. The number of allylic oxidation sites excluding steroid dienone is 1. The monoisotopic (exact) mass is 438 g/mol. The molecule has 6 aliphatic rings. The van der Waals surface area contributed by atoms with Gasteiger partial charge in [-0.25, -0.2) is 0 Å². The molecule has 3 aliphatic heterocycles. The van der Waals surface area contributed by atoms with Gasteiger partial charge in [0.25, 0.3) is 0 Å². The lowest BCUT2D eigenvalue weighted by molar-refractivity contribution is -0.138. The van der Waals surface area contributed by atoms with Gasteiger partial charge >= 0.3 is 0 Å². The predicted molar refractivity (Wildman–Crippen MR) is 131 cm³/mol. The Morgan fingerprint density at radius 1 is 1.06 bits per heavy atom. The molecule has 0 N–H and O–H groups in total. The summed E-state index contributed by atoms with van der Waals surface area (Å²) < 4.78 is 7.45. The van der Waals surface area contributed by atoms with Crippen LogP contribution in [0.2, 0.25) is 0 Å². The third-order valence-corrected chi connectivity index (χ3v) is 10.7. The third kappa shape index (κ3) is 2.51. The van der Waals surface area contributed by atoms with Crippen molar-refractivity contribution in [3.8, 4) is 0 Å². The minimum atomic E-state index is -0.0373. The van der Waals surface area contributed by atoms with E-state index in [1.165, 1.54) is 80.8 Å². The van der Waals surface area contributed by atoms with Crippen LogP contribution in [0.1, 0.15) is 69.8 Å². The first-order chi connectivity index (χ1) is 16.1. The fourth-order valence-corrected chi connectivity index (χ4v) is 8.98. The average molecular weight is 439 g/mol. The van der Waals surface area contributed by atoms with Crippen LogP contribution < -0.4 is 0 Å². The van der Waals surface area contributed by atoms with Crippen LogP contribution in [-0.2, 0) is 4.74 Å². The Balaban J connectivity index is 1.18. The summed E-state index contributed by atoms with van der Waals surface area (Å²) in [6.45, 7) is 5.19. The summed E-state index contributed by atoms with van der Waals surface area (Å²) in [5, 5.41) is 2.57. The Kier molecular flexibility index (Phi) is 3.73. The van der Waals surface area contributed by atoms with E-state index in [-0.39, 0.29) is 16.6 Å². The minimum absolute atomic E-state index is 0.0355. The van der Waals surface area contributed by atoms with Gasteiger partial charge < -0.3 is 4.74 Å². The number of nitrogens with zero attached hydrogens (tertiary/aromatic N) is 2. The van der Waals surface area contributed by atoms with Crippen LogP contribution in [0, 0.1) is 11.3 Å². The number of rotatable bonds is 2. The van der Waals surface area contributed by atoms with Crippen molar-refractivity contribution >= 4 is 10.8 Å².